The van der Waals surface area contributed by atoms with Gasteiger partial charge in [0.15, 0.2) is 10.9 Å². The second kappa shape index (κ2) is 11.7. The highest BCUT2D eigenvalue weighted by atomic mass is 35.5. The molecule has 6 rings (SSSR count). The number of thioether (sulfide) groups is 1. The summed E-state index contributed by atoms with van der Waals surface area (Å²) in [5.41, 5.74) is 2.67. The molecule has 1 saturated heterocycles. The van der Waals surface area contributed by atoms with Crippen molar-refractivity contribution in [1.82, 2.24) is 29.5 Å². The fourth-order valence-corrected chi connectivity index (χ4v) is 6.33. The number of aromatic nitrogens is 4. The summed E-state index contributed by atoms with van der Waals surface area (Å²) in [6.07, 6.45) is 1.61. The number of thiazole rings is 1. The van der Waals surface area contributed by atoms with E-state index in [9.17, 15) is 4.79 Å². The van der Waals surface area contributed by atoms with Gasteiger partial charge in [-0.05, 0) is 42.0 Å². The van der Waals surface area contributed by atoms with Gasteiger partial charge in [0.1, 0.15) is 10.7 Å². The van der Waals surface area contributed by atoms with Gasteiger partial charge in [-0.2, -0.15) is 0 Å². The Morgan fingerprint density at radius 3 is 2.51 bits per heavy atom. The highest BCUT2D eigenvalue weighted by Crippen LogP contribution is 2.31. The van der Waals surface area contributed by atoms with E-state index in [0.29, 0.717) is 46.3 Å². The minimum absolute atomic E-state index is 0.00806. The zero-order valence-corrected chi connectivity index (χ0v) is 23.3. The molecule has 0 N–H and O–H groups in total. The normalized spacial score (nSPS) is 14.1. The van der Waals surface area contributed by atoms with E-state index in [1.165, 1.54) is 28.7 Å². The largest absolute Gasteiger partial charge is 0.461 e. The Morgan fingerprint density at radius 1 is 0.974 bits per heavy atom. The van der Waals surface area contributed by atoms with Crippen LogP contribution < -0.4 is 0 Å². The summed E-state index contributed by atoms with van der Waals surface area (Å²) >= 11 is 9.11. The Kier molecular flexibility index (Phi) is 7.78. The van der Waals surface area contributed by atoms with E-state index in [4.69, 9.17) is 16.0 Å². The zero-order valence-electron chi connectivity index (χ0n) is 20.9. The average molecular weight is 577 g/mol. The van der Waals surface area contributed by atoms with Crippen molar-refractivity contribution < 1.29 is 9.21 Å². The van der Waals surface area contributed by atoms with Gasteiger partial charge < -0.3 is 9.32 Å². The number of halogens is 1. The topological polar surface area (TPSA) is 80.3 Å². The van der Waals surface area contributed by atoms with Crippen LogP contribution in [-0.2, 0) is 12.3 Å². The van der Waals surface area contributed by atoms with Crippen LogP contribution in [-0.4, -0.2) is 61.6 Å². The SMILES string of the molecule is O=C(c1csc(CSc2nnc(-c3ccco3)n2-c2ccc(Cl)cc2)n1)N1CCN(Cc2ccccc2)CC1. The number of carbonyl (C=O) groups excluding carboxylic acids is 1. The van der Waals surface area contributed by atoms with Gasteiger partial charge in [-0.3, -0.25) is 14.3 Å². The molecule has 8 nitrogen and oxygen atoms in total. The Labute approximate surface area is 239 Å². The molecule has 2 aromatic carbocycles. The molecule has 0 unspecified atom stereocenters. The maximum absolute atomic E-state index is 13.2. The Hall–Kier alpha value is -3.44. The Bertz CT molecular complexity index is 1530. The number of hydrogen-bond donors (Lipinski definition) is 0. The second-order valence-electron chi connectivity index (χ2n) is 9.06. The van der Waals surface area contributed by atoms with Crippen molar-refractivity contribution in [3.8, 4) is 17.3 Å². The third-order valence-corrected chi connectivity index (χ3v) is 8.69. The molecule has 1 amide bonds. The first-order valence-corrected chi connectivity index (χ1v) is 14.8. The van der Waals surface area contributed by atoms with E-state index in [1.807, 2.05) is 57.3 Å². The van der Waals surface area contributed by atoms with E-state index in [0.717, 1.165) is 30.3 Å². The summed E-state index contributed by atoms with van der Waals surface area (Å²) in [5, 5.41) is 12.9. The maximum atomic E-state index is 13.2. The van der Waals surface area contributed by atoms with Crippen molar-refractivity contribution in [1.29, 1.82) is 0 Å². The number of rotatable bonds is 8. The van der Waals surface area contributed by atoms with Crippen LogP contribution in [0.1, 0.15) is 21.1 Å². The molecule has 0 saturated carbocycles. The van der Waals surface area contributed by atoms with Crippen LogP contribution in [0.2, 0.25) is 5.02 Å². The minimum Gasteiger partial charge on any atom is -0.461 e. The first-order valence-electron chi connectivity index (χ1n) is 12.5. The van der Waals surface area contributed by atoms with Gasteiger partial charge in [0.05, 0.1) is 12.0 Å². The lowest BCUT2D eigenvalue weighted by Gasteiger charge is -2.34. The van der Waals surface area contributed by atoms with Crippen LogP contribution in [0.5, 0.6) is 0 Å². The molecule has 4 heterocycles. The number of nitrogens with zero attached hydrogens (tertiary/aromatic N) is 6. The van der Waals surface area contributed by atoms with Crippen LogP contribution in [0.25, 0.3) is 17.3 Å². The van der Waals surface area contributed by atoms with Gasteiger partial charge in [-0.15, -0.1) is 21.5 Å². The van der Waals surface area contributed by atoms with Gasteiger partial charge in [-0.1, -0.05) is 53.7 Å². The first-order chi connectivity index (χ1) is 19.1. The molecule has 39 heavy (non-hydrogen) atoms. The highest BCUT2D eigenvalue weighted by molar-refractivity contribution is 7.98. The molecule has 11 heteroatoms. The van der Waals surface area contributed by atoms with Crippen molar-refractivity contribution in [2.24, 2.45) is 0 Å². The summed E-state index contributed by atoms with van der Waals surface area (Å²) in [5.74, 6) is 1.78. The average Bonchev–Trinajstić information content (AvgIpc) is 3.74. The molecule has 0 radical (unpaired) electrons. The van der Waals surface area contributed by atoms with E-state index < -0.39 is 0 Å². The fraction of sp³-hybridized carbons (Fsp3) is 0.214. The van der Waals surface area contributed by atoms with Crippen LogP contribution in [0.15, 0.2) is 87.9 Å². The summed E-state index contributed by atoms with van der Waals surface area (Å²) in [4.78, 5) is 22.1. The number of hydrogen-bond acceptors (Lipinski definition) is 8. The Morgan fingerprint density at radius 2 is 1.77 bits per heavy atom. The van der Waals surface area contributed by atoms with Gasteiger partial charge in [0.2, 0.25) is 5.82 Å². The van der Waals surface area contributed by atoms with Crippen molar-refractivity contribution in [3.63, 3.8) is 0 Å². The summed E-state index contributed by atoms with van der Waals surface area (Å²) in [7, 11) is 0. The number of furan rings is 1. The predicted octanol–water partition coefficient (Wildman–Crippen LogP) is 5.89. The van der Waals surface area contributed by atoms with Gasteiger partial charge >= 0.3 is 0 Å². The van der Waals surface area contributed by atoms with Gasteiger partial charge in [0.25, 0.3) is 5.91 Å². The summed E-state index contributed by atoms with van der Waals surface area (Å²) < 4.78 is 7.53. The molecule has 0 atom stereocenters. The Balaban J connectivity index is 1.10. The molecule has 1 fully saturated rings. The van der Waals surface area contributed by atoms with Crippen LogP contribution in [0.3, 0.4) is 0 Å². The van der Waals surface area contributed by atoms with Crippen LogP contribution >= 0.6 is 34.7 Å². The van der Waals surface area contributed by atoms with Crippen LogP contribution in [0.4, 0.5) is 0 Å². The fourth-order valence-electron chi connectivity index (χ4n) is 4.47. The van der Waals surface area contributed by atoms with E-state index in [2.05, 4.69) is 44.3 Å². The van der Waals surface area contributed by atoms with Crippen molar-refractivity contribution in [2.45, 2.75) is 17.5 Å². The zero-order chi connectivity index (χ0) is 26.6. The molecule has 198 valence electrons. The smallest absolute Gasteiger partial charge is 0.273 e. The lowest BCUT2D eigenvalue weighted by atomic mass is 10.2. The lowest BCUT2D eigenvalue weighted by Crippen LogP contribution is -2.48. The summed E-state index contributed by atoms with van der Waals surface area (Å²) in [6, 6.07) is 21.6. The molecule has 0 aliphatic carbocycles. The monoisotopic (exact) mass is 576 g/mol. The summed E-state index contributed by atoms with van der Waals surface area (Å²) in [6.45, 7) is 4.01. The molecule has 0 spiro atoms. The first kappa shape index (κ1) is 25.8. The van der Waals surface area contributed by atoms with Crippen molar-refractivity contribution in [3.05, 3.63) is 99.7 Å². The molecule has 1 aliphatic heterocycles. The predicted molar refractivity (Wildman–Crippen MR) is 153 cm³/mol. The number of amides is 1. The quantitative estimate of drug-likeness (QED) is 0.213. The van der Waals surface area contributed by atoms with Crippen molar-refractivity contribution in [2.75, 3.05) is 26.2 Å². The molecular weight excluding hydrogens is 552 g/mol. The van der Waals surface area contributed by atoms with Crippen molar-refractivity contribution >= 4 is 40.6 Å². The van der Waals surface area contributed by atoms with E-state index in [1.54, 1.807) is 6.26 Å². The second-order valence-corrected chi connectivity index (χ2v) is 11.4. The van der Waals surface area contributed by atoms with Gasteiger partial charge in [-0.25, -0.2) is 4.98 Å². The van der Waals surface area contributed by atoms with E-state index >= 15 is 0 Å². The molecule has 3 aromatic heterocycles. The van der Waals surface area contributed by atoms with Gasteiger partial charge in [0, 0.05) is 48.8 Å². The third-order valence-electron chi connectivity index (χ3n) is 6.46. The maximum Gasteiger partial charge on any atom is 0.273 e. The molecular formula is C28H25ClN6O2S2. The number of benzene rings is 2. The number of carbonyl (C=O) groups is 1. The molecule has 1 aliphatic rings. The molecule has 5 aromatic rings. The number of piperazine rings is 1. The minimum atomic E-state index is -0.00806. The third kappa shape index (κ3) is 5.94. The molecule has 0 bridgehead atoms. The standard InChI is InChI=1S/C28H25ClN6O2S2/c29-21-8-10-22(11-9-21)35-26(24-7-4-16-37-24)31-32-28(35)39-19-25-30-23(18-38-25)27(36)34-14-12-33(13-15-34)17-20-5-2-1-3-6-20/h1-11,16,18H,12-15,17,19H2. The lowest BCUT2D eigenvalue weighted by molar-refractivity contribution is 0.0623. The highest BCUT2D eigenvalue weighted by Gasteiger charge is 2.24. The van der Waals surface area contributed by atoms with E-state index in [-0.39, 0.29) is 5.91 Å². The van der Waals surface area contributed by atoms with Crippen LogP contribution in [0, 0.1) is 0 Å².